The Morgan fingerprint density at radius 3 is 2.57 bits per heavy atom. The lowest BCUT2D eigenvalue weighted by Gasteiger charge is -2.07. The first kappa shape index (κ1) is 15.0. The summed E-state index contributed by atoms with van der Waals surface area (Å²) in [4.78, 5) is 12.4. The zero-order chi connectivity index (χ0) is 15.2. The first-order valence-corrected chi connectivity index (χ1v) is 6.76. The van der Waals surface area contributed by atoms with E-state index in [0.717, 1.165) is 6.42 Å². The Hall–Kier alpha value is -2.36. The molecule has 2 aromatic rings. The highest BCUT2D eigenvalue weighted by atomic mass is 19.1. The van der Waals surface area contributed by atoms with E-state index in [0.29, 0.717) is 17.9 Å². The average Bonchev–Trinajstić information content (AvgIpc) is 2.52. The maximum absolute atomic E-state index is 13.7. The van der Waals surface area contributed by atoms with Crippen molar-refractivity contribution in [3.8, 4) is 11.5 Å². The fourth-order valence-corrected chi connectivity index (χ4v) is 1.92. The zero-order valence-electron chi connectivity index (χ0n) is 12.1. The molecule has 0 aliphatic carbocycles. The number of ketones is 1. The van der Waals surface area contributed by atoms with Gasteiger partial charge in [-0.15, -0.1) is 0 Å². The number of hydrogen-bond donors (Lipinski definition) is 0. The molecule has 110 valence electrons. The summed E-state index contributed by atoms with van der Waals surface area (Å²) < 4.78 is 24.0. The first-order valence-electron chi connectivity index (χ1n) is 6.76. The molecular formula is C17H17FO3. The molecule has 0 fully saturated rings. The number of carbonyl (C=O) groups is 1. The molecule has 0 saturated carbocycles. The van der Waals surface area contributed by atoms with Gasteiger partial charge < -0.3 is 9.47 Å². The van der Waals surface area contributed by atoms with Crippen molar-refractivity contribution in [1.29, 1.82) is 0 Å². The highest BCUT2D eigenvalue weighted by Crippen LogP contribution is 2.21. The van der Waals surface area contributed by atoms with Crippen LogP contribution >= 0.6 is 0 Å². The molecule has 2 rings (SSSR count). The third-order valence-electron chi connectivity index (χ3n) is 2.98. The Morgan fingerprint density at radius 2 is 1.90 bits per heavy atom. The Bertz CT molecular complexity index is 638. The molecule has 0 saturated heterocycles. The van der Waals surface area contributed by atoms with Gasteiger partial charge in [-0.25, -0.2) is 4.39 Å². The van der Waals surface area contributed by atoms with Crippen LogP contribution in [0.25, 0.3) is 0 Å². The van der Waals surface area contributed by atoms with Gasteiger partial charge in [0.1, 0.15) is 5.75 Å². The van der Waals surface area contributed by atoms with Crippen LogP contribution in [-0.2, 0) is 0 Å². The molecule has 0 aliphatic rings. The van der Waals surface area contributed by atoms with Crippen LogP contribution in [0.5, 0.6) is 11.5 Å². The van der Waals surface area contributed by atoms with E-state index >= 15 is 0 Å². The van der Waals surface area contributed by atoms with Gasteiger partial charge in [-0.3, -0.25) is 4.79 Å². The monoisotopic (exact) mass is 288 g/mol. The van der Waals surface area contributed by atoms with Crippen LogP contribution in [0.4, 0.5) is 4.39 Å². The zero-order valence-corrected chi connectivity index (χ0v) is 12.1. The van der Waals surface area contributed by atoms with Gasteiger partial charge in [-0.2, -0.15) is 0 Å². The van der Waals surface area contributed by atoms with Crippen LogP contribution in [0.1, 0.15) is 29.3 Å². The fraction of sp³-hybridized carbons (Fsp3) is 0.235. The maximum atomic E-state index is 13.7. The van der Waals surface area contributed by atoms with E-state index in [4.69, 9.17) is 9.47 Å². The second kappa shape index (κ2) is 6.88. The van der Waals surface area contributed by atoms with E-state index in [1.54, 1.807) is 30.3 Å². The Kier molecular flexibility index (Phi) is 4.93. The minimum atomic E-state index is -0.554. The van der Waals surface area contributed by atoms with Crippen molar-refractivity contribution in [2.75, 3.05) is 13.7 Å². The second-order valence-electron chi connectivity index (χ2n) is 4.55. The van der Waals surface area contributed by atoms with Crippen LogP contribution in [0.2, 0.25) is 0 Å². The highest BCUT2D eigenvalue weighted by Gasteiger charge is 2.13. The van der Waals surface area contributed by atoms with Gasteiger partial charge in [-0.1, -0.05) is 19.1 Å². The van der Waals surface area contributed by atoms with Crippen molar-refractivity contribution in [2.24, 2.45) is 0 Å². The molecule has 0 bridgehead atoms. The third kappa shape index (κ3) is 3.60. The third-order valence-corrected chi connectivity index (χ3v) is 2.98. The van der Waals surface area contributed by atoms with Crippen LogP contribution in [-0.4, -0.2) is 19.5 Å². The number of ether oxygens (including phenoxy) is 2. The van der Waals surface area contributed by atoms with Gasteiger partial charge in [0.2, 0.25) is 0 Å². The quantitative estimate of drug-likeness (QED) is 0.757. The molecule has 0 spiro atoms. The van der Waals surface area contributed by atoms with Crippen LogP contribution in [0, 0.1) is 5.82 Å². The molecule has 2 aromatic carbocycles. The summed E-state index contributed by atoms with van der Waals surface area (Å²) in [7, 11) is 1.38. The molecule has 21 heavy (non-hydrogen) atoms. The second-order valence-corrected chi connectivity index (χ2v) is 4.55. The minimum Gasteiger partial charge on any atom is -0.494 e. The van der Waals surface area contributed by atoms with E-state index in [1.165, 1.54) is 19.2 Å². The minimum absolute atomic E-state index is 0.117. The van der Waals surface area contributed by atoms with Gasteiger partial charge in [0.25, 0.3) is 0 Å². The molecule has 4 heteroatoms. The molecule has 0 aliphatic heterocycles. The lowest BCUT2D eigenvalue weighted by molar-refractivity contribution is 0.103. The average molecular weight is 288 g/mol. The summed E-state index contributed by atoms with van der Waals surface area (Å²) in [6.07, 6.45) is 0.891. The fourth-order valence-electron chi connectivity index (χ4n) is 1.92. The molecular weight excluding hydrogens is 271 g/mol. The number of carbonyl (C=O) groups excluding carboxylic acids is 1. The van der Waals surface area contributed by atoms with E-state index in [9.17, 15) is 9.18 Å². The Morgan fingerprint density at radius 1 is 1.14 bits per heavy atom. The summed E-state index contributed by atoms with van der Waals surface area (Å²) in [5.41, 5.74) is 0.745. The van der Waals surface area contributed by atoms with E-state index < -0.39 is 5.82 Å². The van der Waals surface area contributed by atoms with Gasteiger partial charge in [0.05, 0.1) is 13.7 Å². The largest absolute Gasteiger partial charge is 0.494 e. The molecule has 0 amide bonds. The van der Waals surface area contributed by atoms with Crippen molar-refractivity contribution < 1.29 is 18.7 Å². The van der Waals surface area contributed by atoms with E-state index in [2.05, 4.69) is 0 Å². The van der Waals surface area contributed by atoms with Gasteiger partial charge in [0, 0.05) is 11.1 Å². The number of rotatable bonds is 6. The summed E-state index contributed by atoms with van der Waals surface area (Å²) in [5, 5.41) is 0. The summed E-state index contributed by atoms with van der Waals surface area (Å²) >= 11 is 0. The van der Waals surface area contributed by atoms with Crippen molar-refractivity contribution >= 4 is 5.78 Å². The Balaban J connectivity index is 2.25. The van der Waals surface area contributed by atoms with E-state index in [-0.39, 0.29) is 17.1 Å². The molecule has 0 radical (unpaired) electrons. The number of halogens is 1. The predicted octanol–water partition coefficient (Wildman–Crippen LogP) is 3.85. The van der Waals surface area contributed by atoms with Crippen LogP contribution in [0.15, 0.2) is 42.5 Å². The number of methoxy groups -OCH3 is 1. The van der Waals surface area contributed by atoms with Crippen molar-refractivity contribution in [1.82, 2.24) is 0 Å². The normalized spacial score (nSPS) is 10.2. The topological polar surface area (TPSA) is 35.5 Å². The van der Waals surface area contributed by atoms with Gasteiger partial charge >= 0.3 is 0 Å². The lowest BCUT2D eigenvalue weighted by Crippen LogP contribution is -2.03. The highest BCUT2D eigenvalue weighted by molar-refractivity contribution is 6.09. The molecule has 0 atom stereocenters. The number of hydrogen-bond acceptors (Lipinski definition) is 3. The van der Waals surface area contributed by atoms with Gasteiger partial charge in [-0.05, 0) is 36.8 Å². The van der Waals surface area contributed by atoms with Crippen molar-refractivity contribution in [3.63, 3.8) is 0 Å². The standard InChI is InChI=1S/C17H17FO3/c1-3-9-21-14-6-4-5-12(10-14)17(19)13-7-8-16(20-2)15(18)11-13/h4-8,10-11H,3,9H2,1-2H3. The summed E-state index contributed by atoms with van der Waals surface area (Å²) in [5.74, 6) is -0.0523. The van der Waals surface area contributed by atoms with Crippen molar-refractivity contribution in [2.45, 2.75) is 13.3 Å². The summed E-state index contributed by atoms with van der Waals surface area (Å²) in [6.45, 7) is 2.60. The first-order chi connectivity index (χ1) is 10.2. The smallest absolute Gasteiger partial charge is 0.193 e. The number of benzene rings is 2. The molecule has 0 heterocycles. The molecule has 0 aromatic heterocycles. The maximum Gasteiger partial charge on any atom is 0.193 e. The van der Waals surface area contributed by atoms with Crippen molar-refractivity contribution in [3.05, 3.63) is 59.4 Å². The molecule has 3 nitrogen and oxygen atoms in total. The lowest BCUT2D eigenvalue weighted by atomic mass is 10.0. The SMILES string of the molecule is CCCOc1cccc(C(=O)c2ccc(OC)c(F)c2)c1. The predicted molar refractivity (Wildman–Crippen MR) is 78.6 cm³/mol. The van der Waals surface area contributed by atoms with Gasteiger partial charge in [0.15, 0.2) is 17.3 Å². The molecule has 0 N–H and O–H groups in total. The van der Waals surface area contributed by atoms with E-state index in [1.807, 2.05) is 6.92 Å². The van der Waals surface area contributed by atoms with Crippen LogP contribution < -0.4 is 9.47 Å². The Labute approximate surface area is 123 Å². The molecule has 0 unspecified atom stereocenters. The summed E-state index contributed by atoms with van der Waals surface area (Å²) in [6, 6.07) is 11.1. The van der Waals surface area contributed by atoms with Crippen LogP contribution in [0.3, 0.4) is 0 Å².